The lowest BCUT2D eigenvalue weighted by atomic mass is 9.85. The third-order valence-electron chi connectivity index (χ3n) is 10.9. The van der Waals surface area contributed by atoms with Crippen LogP contribution >= 0.6 is 23.6 Å². The standard InChI is InChI=1S/C44H46F4N8O5S2/c1-25-36(63-24-52-25)27-13-11-26(12-14-27)22-51-38(58)31-9-7-19-54(31)39(59)37(42(2,3)4)53-32(57)10-8-20-61-33-18-16-29(23-50-33)56-41(62)55(40(60)43(56,5)6)30-17-15-28(21-49)34(35(30)45)44(46,47)48/h11-18,23-24,31,37H,7-10,19-20,22H2,1-6H3,(H,51,58)(H,53,57)/t31-,37?/m0/s1. The van der Waals surface area contributed by atoms with Crippen LogP contribution in [0.15, 0.2) is 60.2 Å². The van der Waals surface area contributed by atoms with Gasteiger partial charge in [-0.2, -0.15) is 18.4 Å². The molecule has 4 aromatic rings. The van der Waals surface area contributed by atoms with Crippen molar-refractivity contribution in [1.82, 2.24) is 25.5 Å². The Kier molecular flexibility index (Phi) is 13.6. The largest absolute Gasteiger partial charge is 0.478 e. The highest BCUT2D eigenvalue weighted by Crippen LogP contribution is 2.42. The molecule has 0 spiro atoms. The number of amides is 4. The maximum Gasteiger partial charge on any atom is 0.420 e. The summed E-state index contributed by atoms with van der Waals surface area (Å²) in [7, 11) is 0. The number of thiazole rings is 1. The molecule has 2 atom stereocenters. The number of hydrogen-bond acceptors (Lipinski definition) is 10. The molecule has 0 saturated carbocycles. The van der Waals surface area contributed by atoms with E-state index in [9.17, 15) is 32.3 Å². The van der Waals surface area contributed by atoms with Gasteiger partial charge in [0.1, 0.15) is 23.2 Å². The lowest BCUT2D eigenvalue weighted by Crippen LogP contribution is -2.57. The molecule has 0 aliphatic carbocycles. The van der Waals surface area contributed by atoms with Crippen molar-refractivity contribution < 1.29 is 41.5 Å². The number of aromatic nitrogens is 2. The van der Waals surface area contributed by atoms with Crippen molar-refractivity contribution in [3.05, 3.63) is 88.4 Å². The van der Waals surface area contributed by atoms with Gasteiger partial charge in [-0.15, -0.1) is 11.3 Å². The number of nitrogens with one attached hydrogen (secondary N) is 2. The van der Waals surface area contributed by atoms with E-state index < -0.39 is 57.8 Å². The maximum absolute atomic E-state index is 15.4. The lowest BCUT2D eigenvalue weighted by molar-refractivity contribution is -0.144. The van der Waals surface area contributed by atoms with E-state index in [-0.39, 0.29) is 53.8 Å². The number of nitrogens with zero attached hydrogens (tertiary/aromatic N) is 6. The van der Waals surface area contributed by atoms with Crippen LogP contribution in [0.5, 0.6) is 5.88 Å². The Balaban J connectivity index is 1.01. The van der Waals surface area contributed by atoms with Crippen molar-refractivity contribution >= 4 is 63.7 Å². The Morgan fingerprint density at radius 2 is 1.79 bits per heavy atom. The summed E-state index contributed by atoms with van der Waals surface area (Å²) in [6, 6.07) is 12.3. The van der Waals surface area contributed by atoms with Gasteiger partial charge in [0.05, 0.1) is 51.9 Å². The minimum Gasteiger partial charge on any atom is -0.478 e. The number of pyridine rings is 1. The van der Waals surface area contributed by atoms with E-state index in [2.05, 4.69) is 20.6 Å². The molecule has 2 fully saturated rings. The third kappa shape index (κ3) is 9.81. The van der Waals surface area contributed by atoms with Gasteiger partial charge in [-0.1, -0.05) is 45.0 Å². The van der Waals surface area contributed by atoms with Crippen LogP contribution in [-0.2, 0) is 31.9 Å². The van der Waals surface area contributed by atoms with Crippen molar-refractivity contribution in [3.8, 4) is 22.4 Å². The van der Waals surface area contributed by atoms with Crippen LogP contribution < -0.4 is 25.2 Å². The van der Waals surface area contributed by atoms with Gasteiger partial charge < -0.3 is 25.2 Å². The summed E-state index contributed by atoms with van der Waals surface area (Å²) >= 11 is 7.06. The van der Waals surface area contributed by atoms with Crippen molar-refractivity contribution in [1.29, 1.82) is 5.26 Å². The molecule has 0 radical (unpaired) electrons. The van der Waals surface area contributed by atoms with Gasteiger partial charge in [0.15, 0.2) is 10.9 Å². The summed E-state index contributed by atoms with van der Waals surface area (Å²) in [4.78, 5) is 67.3. The molecule has 2 aliphatic heterocycles. The summed E-state index contributed by atoms with van der Waals surface area (Å²) in [6.45, 7) is 11.2. The molecule has 63 heavy (non-hydrogen) atoms. The van der Waals surface area contributed by atoms with Gasteiger partial charge >= 0.3 is 6.18 Å². The third-order valence-corrected chi connectivity index (χ3v) is 12.2. The number of benzene rings is 2. The van der Waals surface area contributed by atoms with Gasteiger partial charge in [-0.3, -0.25) is 24.1 Å². The molecule has 2 aliphatic rings. The monoisotopic (exact) mass is 906 g/mol. The molecule has 13 nitrogen and oxygen atoms in total. The average molecular weight is 907 g/mol. The minimum atomic E-state index is -5.21. The summed E-state index contributed by atoms with van der Waals surface area (Å²) < 4.78 is 62.4. The first-order valence-corrected chi connectivity index (χ1v) is 21.4. The number of likely N-dealkylation sites (tertiary alicyclic amines) is 1. The van der Waals surface area contributed by atoms with Gasteiger partial charge in [0.25, 0.3) is 5.91 Å². The van der Waals surface area contributed by atoms with Crippen LogP contribution in [0.25, 0.3) is 10.4 Å². The molecule has 2 aromatic carbocycles. The SMILES string of the molecule is Cc1ncsc1-c1ccc(CNC(=O)[C@@H]2CCCN2C(=O)C(NC(=O)CCCOc2ccc(N3C(=S)N(c4ccc(C#N)c(C(F)(F)F)c4F)C(=O)C3(C)C)cn2)C(C)(C)C)cc1. The number of rotatable bonds is 13. The maximum atomic E-state index is 15.4. The molecule has 4 amide bonds. The number of aryl methyl sites for hydroxylation is 1. The van der Waals surface area contributed by atoms with Crippen molar-refractivity contribution in [2.75, 3.05) is 23.0 Å². The van der Waals surface area contributed by atoms with Gasteiger partial charge in [-0.25, -0.2) is 14.4 Å². The summed E-state index contributed by atoms with van der Waals surface area (Å²) in [5.74, 6) is -3.43. The molecule has 1 unspecified atom stereocenters. The zero-order valence-corrected chi connectivity index (χ0v) is 37.1. The van der Waals surface area contributed by atoms with Crippen LogP contribution in [0.3, 0.4) is 0 Å². The topological polar surface area (TPSA) is 161 Å². The molecule has 6 rings (SSSR count). The summed E-state index contributed by atoms with van der Waals surface area (Å²) in [5, 5.41) is 14.7. The van der Waals surface area contributed by atoms with E-state index in [0.29, 0.717) is 30.8 Å². The normalized spacial score (nSPS) is 16.8. The number of anilines is 2. The zero-order chi connectivity index (χ0) is 46.0. The number of ether oxygens (including phenoxy) is 1. The Morgan fingerprint density at radius 1 is 1.08 bits per heavy atom. The highest BCUT2D eigenvalue weighted by atomic mass is 32.1. The molecular weight excluding hydrogens is 861 g/mol. The molecule has 4 heterocycles. The predicted molar refractivity (Wildman–Crippen MR) is 232 cm³/mol. The summed E-state index contributed by atoms with van der Waals surface area (Å²) in [5.41, 5.74) is -0.641. The van der Waals surface area contributed by atoms with Crippen LogP contribution in [0.1, 0.15) is 82.7 Å². The molecule has 2 N–H and O–H groups in total. The van der Waals surface area contributed by atoms with Crippen LogP contribution in [0.2, 0.25) is 0 Å². The van der Waals surface area contributed by atoms with Crippen molar-refractivity contribution in [2.45, 2.75) is 97.6 Å². The average Bonchev–Trinajstić information content (AvgIpc) is 3.94. The van der Waals surface area contributed by atoms with Crippen LogP contribution in [-0.4, -0.2) is 74.4 Å². The number of nitriles is 1. The van der Waals surface area contributed by atoms with E-state index in [1.165, 1.54) is 43.1 Å². The molecule has 0 bridgehead atoms. The van der Waals surface area contributed by atoms with Crippen molar-refractivity contribution in [2.24, 2.45) is 5.41 Å². The number of alkyl halides is 3. The predicted octanol–water partition coefficient (Wildman–Crippen LogP) is 7.46. The smallest absolute Gasteiger partial charge is 0.420 e. The zero-order valence-electron chi connectivity index (χ0n) is 35.4. The Morgan fingerprint density at radius 3 is 2.40 bits per heavy atom. The fourth-order valence-electron chi connectivity index (χ4n) is 7.56. The molecule has 332 valence electrons. The van der Waals surface area contributed by atoms with Crippen LogP contribution in [0, 0.1) is 29.5 Å². The second-order valence-electron chi connectivity index (χ2n) is 16.8. The summed E-state index contributed by atoms with van der Waals surface area (Å²) in [6.07, 6.45) is -2.46. The number of thiocarbonyl (C=S) groups is 1. The van der Waals surface area contributed by atoms with E-state index in [1.54, 1.807) is 21.7 Å². The number of carbonyl (C=O) groups is 4. The van der Waals surface area contributed by atoms with Crippen molar-refractivity contribution in [3.63, 3.8) is 0 Å². The molecular formula is C44H46F4N8O5S2. The van der Waals surface area contributed by atoms with E-state index in [0.717, 1.165) is 33.8 Å². The Labute approximate surface area is 371 Å². The van der Waals surface area contributed by atoms with Crippen LogP contribution in [0.4, 0.5) is 28.9 Å². The highest BCUT2D eigenvalue weighted by molar-refractivity contribution is 7.81. The first-order valence-electron chi connectivity index (χ1n) is 20.1. The first kappa shape index (κ1) is 46.5. The van der Waals surface area contributed by atoms with E-state index in [1.807, 2.05) is 52.0 Å². The fraction of sp³-hybridized carbons (Fsp3) is 0.409. The van der Waals surface area contributed by atoms with E-state index >= 15 is 4.39 Å². The Hall–Kier alpha value is -6.00. The van der Waals surface area contributed by atoms with E-state index in [4.69, 9.17) is 22.2 Å². The molecule has 19 heteroatoms. The highest BCUT2D eigenvalue weighted by Gasteiger charge is 2.52. The second kappa shape index (κ2) is 18.4. The van der Waals surface area contributed by atoms with Gasteiger partial charge in [-0.05, 0) is 87.0 Å². The fourth-order valence-corrected chi connectivity index (χ4v) is 8.89. The van der Waals surface area contributed by atoms with Gasteiger partial charge in [0.2, 0.25) is 23.6 Å². The number of hydrogen-bond donors (Lipinski definition) is 2. The second-order valence-corrected chi connectivity index (χ2v) is 18.0. The number of carbonyl (C=O) groups excluding carboxylic acids is 4. The quantitative estimate of drug-likeness (QED) is 0.0784. The first-order chi connectivity index (χ1) is 29.6. The minimum absolute atomic E-state index is 0.0132. The number of halogens is 4. The Bertz CT molecular complexity index is 2450. The molecule has 2 saturated heterocycles. The van der Waals surface area contributed by atoms with Gasteiger partial charge in [0, 0.05) is 25.6 Å². The lowest BCUT2D eigenvalue weighted by Gasteiger charge is -2.35. The molecule has 2 aromatic heterocycles.